The first kappa shape index (κ1) is 14.8. The van der Waals surface area contributed by atoms with E-state index in [2.05, 4.69) is 36.8 Å². The van der Waals surface area contributed by atoms with Gasteiger partial charge in [-0.1, -0.05) is 51.7 Å². The van der Waals surface area contributed by atoms with Gasteiger partial charge in [-0.05, 0) is 36.5 Å². The highest BCUT2D eigenvalue weighted by Gasteiger charge is 1.82. The molecule has 0 aromatic heterocycles. The minimum absolute atomic E-state index is 1.24. The average Bonchev–Trinajstić information content (AvgIpc) is 2.26. The Morgan fingerprint density at radius 1 is 0.733 bits per heavy atom. The fourth-order valence-electron chi connectivity index (χ4n) is 1.32. The maximum absolute atomic E-state index is 2.29. The van der Waals surface area contributed by atoms with Gasteiger partial charge in [0.05, 0.1) is 0 Å². The van der Waals surface area contributed by atoms with Gasteiger partial charge in [0.1, 0.15) is 0 Å². The van der Waals surface area contributed by atoms with Crippen LogP contribution in [0.2, 0.25) is 0 Å². The molecule has 15 heavy (non-hydrogen) atoms. The van der Waals surface area contributed by atoms with E-state index >= 15 is 0 Å². The van der Waals surface area contributed by atoms with E-state index in [-0.39, 0.29) is 0 Å². The van der Waals surface area contributed by atoms with Crippen LogP contribution >= 0.6 is 11.8 Å². The number of hydrogen-bond acceptors (Lipinski definition) is 1. The average molecular weight is 226 g/mol. The van der Waals surface area contributed by atoms with Crippen LogP contribution in [0.1, 0.15) is 65.2 Å². The molecule has 0 nitrogen and oxygen atoms in total. The Labute approximate surface area is 100 Å². The smallest absolute Gasteiger partial charge is 0.0288 e. The normalized spacial score (nSPS) is 11.9. The van der Waals surface area contributed by atoms with Gasteiger partial charge in [-0.2, -0.15) is 0 Å². The highest BCUT2D eigenvalue weighted by Crippen LogP contribution is 2.09. The Balaban J connectivity index is 3.14. The first-order chi connectivity index (χ1) is 7.41. The number of thioether (sulfide) groups is 1. The lowest BCUT2D eigenvalue weighted by Gasteiger charge is -1.91. The monoisotopic (exact) mass is 226 g/mol. The molecule has 88 valence electrons. The molecule has 0 N–H and O–H groups in total. The molecule has 0 aliphatic rings. The molecule has 0 spiro atoms. The summed E-state index contributed by atoms with van der Waals surface area (Å²) in [7, 11) is 0. The SMILES string of the molecule is CCCCC/C=C/S/C=C/CCCCC. The summed E-state index contributed by atoms with van der Waals surface area (Å²) < 4.78 is 0. The van der Waals surface area contributed by atoms with Gasteiger partial charge >= 0.3 is 0 Å². The van der Waals surface area contributed by atoms with E-state index in [9.17, 15) is 0 Å². The van der Waals surface area contributed by atoms with E-state index in [1.165, 1.54) is 51.4 Å². The third-order valence-corrected chi connectivity index (χ3v) is 3.00. The van der Waals surface area contributed by atoms with Gasteiger partial charge in [0, 0.05) is 0 Å². The summed E-state index contributed by atoms with van der Waals surface area (Å²) in [5, 5.41) is 4.43. The molecule has 0 heterocycles. The maximum Gasteiger partial charge on any atom is -0.0288 e. The van der Waals surface area contributed by atoms with Crippen LogP contribution in [0.15, 0.2) is 23.0 Å². The highest BCUT2D eigenvalue weighted by atomic mass is 32.2. The van der Waals surface area contributed by atoms with Crippen LogP contribution in [0.3, 0.4) is 0 Å². The topological polar surface area (TPSA) is 0 Å². The molecule has 0 unspecified atom stereocenters. The van der Waals surface area contributed by atoms with E-state index in [1.807, 2.05) is 11.8 Å². The lowest BCUT2D eigenvalue weighted by molar-refractivity contribution is 0.729. The lowest BCUT2D eigenvalue weighted by Crippen LogP contribution is -1.70. The van der Waals surface area contributed by atoms with Crippen LogP contribution < -0.4 is 0 Å². The highest BCUT2D eigenvalue weighted by molar-refractivity contribution is 8.04. The summed E-state index contributed by atoms with van der Waals surface area (Å²) >= 11 is 1.81. The number of rotatable bonds is 10. The molecule has 0 fully saturated rings. The van der Waals surface area contributed by atoms with Crippen molar-refractivity contribution in [2.75, 3.05) is 0 Å². The Hall–Kier alpha value is -0.170. The molecule has 1 heteroatoms. The number of unbranched alkanes of at least 4 members (excludes halogenated alkanes) is 6. The van der Waals surface area contributed by atoms with Gasteiger partial charge < -0.3 is 0 Å². The van der Waals surface area contributed by atoms with Crippen molar-refractivity contribution in [3.63, 3.8) is 0 Å². The molecule has 0 radical (unpaired) electrons. The molecular weight excluding hydrogens is 200 g/mol. The quantitative estimate of drug-likeness (QED) is 0.417. The second-order valence-electron chi connectivity index (χ2n) is 3.87. The Bertz CT molecular complexity index is 141. The van der Waals surface area contributed by atoms with Gasteiger partial charge in [-0.15, -0.1) is 11.8 Å². The van der Waals surface area contributed by atoms with Gasteiger partial charge in [0.25, 0.3) is 0 Å². The fraction of sp³-hybridized carbons (Fsp3) is 0.714. The van der Waals surface area contributed by atoms with Crippen molar-refractivity contribution in [1.82, 2.24) is 0 Å². The zero-order valence-electron chi connectivity index (χ0n) is 10.4. The predicted molar refractivity (Wildman–Crippen MR) is 74.2 cm³/mol. The summed E-state index contributed by atoms with van der Waals surface area (Å²) in [6.45, 7) is 4.50. The molecule has 0 aromatic rings. The zero-order chi connectivity index (χ0) is 11.2. The van der Waals surface area contributed by atoms with Crippen molar-refractivity contribution >= 4 is 11.8 Å². The first-order valence-electron chi connectivity index (χ1n) is 6.37. The molecule has 0 bridgehead atoms. The maximum atomic E-state index is 2.29. The molecule has 0 rings (SSSR count). The van der Waals surface area contributed by atoms with Crippen LogP contribution in [0, 0.1) is 0 Å². The van der Waals surface area contributed by atoms with Crippen molar-refractivity contribution in [3.05, 3.63) is 23.0 Å². The Kier molecular flexibility index (Phi) is 13.7. The van der Waals surface area contributed by atoms with Gasteiger partial charge in [-0.25, -0.2) is 0 Å². The minimum atomic E-state index is 1.24. The zero-order valence-corrected chi connectivity index (χ0v) is 11.2. The van der Waals surface area contributed by atoms with Crippen molar-refractivity contribution < 1.29 is 0 Å². The van der Waals surface area contributed by atoms with Gasteiger partial charge in [-0.3, -0.25) is 0 Å². The van der Waals surface area contributed by atoms with Crippen molar-refractivity contribution in [3.8, 4) is 0 Å². The largest absolute Gasteiger partial charge is 0.107 e. The van der Waals surface area contributed by atoms with Crippen molar-refractivity contribution in [2.45, 2.75) is 65.2 Å². The molecule has 0 atom stereocenters. The predicted octanol–water partition coefficient (Wildman–Crippen LogP) is 5.91. The van der Waals surface area contributed by atoms with E-state index in [0.29, 0.717) is 0 Å². The fourth-order valence-corrected chi connectivity index (χ4v) is 1.90. The van der Waals surface area contributed by atoms with E-state index in [1.54, 1.807) is 0 Å². The van der Waals surface area contributed by atoms with Crippen LogP contribution in [0.5, 0.6) is 0 Å². The Morgan fingerprint density at radius 2 is 1.20 bits per heavy atom. The molecule has 0 amide bonds. The van der Waals surface area contributed by atoms with Crippen molar-refractivity contribution in [1.29, 1.82) is 0 Å². The molecule has 0 aromatic carbocycles. The summed E-state index contributed by atoms with van der Waals surface area (Å²) in [6.07, 6.45) is 15.1. The summed E-state index contributed by atoms with van der Waals surface area (Å²) in [5.41, 5.74) is 0. The molecule has 0 aliphatic carbocycles. The molecule has 0 aliphatic heterocycles. The third-order valence-electron chi connectivity index (χ3n) is 2.30. The van der Waals surface area contributed by atoms with Gasteiger partial charge in [0.2, 0.25) is 0 Å². The summed E-state index contributed by atoms with van der Waals surface area (Å²) in [6, 6.07) is 0. The number of allylic oxidation sites excluding steroid dienone is 2. The van der Waals surface area contributed by atoms with Crippen LogP contribution in [0.25, 0.3) is 0 Å². The summed E-state index contributed by atoms with van der Waals surface area (Å²) in [4.78, 5) is 0. The second kappa shape index (κ2) is 13.8. The summed E-state index contributed by atoms with van der Waals surface area (Å²) in [5.74, 6) is 0. The van der Waals surface area contributed by atoms with Crippen molar-refractivity contribution in [2.24, 2.45) is 0 Å². The molecular formula is C14H26S. The standard InChI is InChI=1S/C14H26S/c1-3-5-7-9-11-13-15-14-12-10-8-6-4-2/h11-14H,3-10H2,1-2H3/b13-11+,14-12+. The molecule has 0 saturated carbocycles. The van der Waals surface area contributed by atoms with Crippen LogP contribution in [-0.2, 0) is 0 Å². The third kappa shape index (κ3) is 13.8. The van der Waals surface area contributed by atoms with Gasteiger partial charge in [0.15, 0.2) is 0 Å². The van der Waals surface area contributed by atoms with E-state index in [0.717, 1.165) is 0 Å². The lowest BCUT2D eigenvalue weighted by atomic mass is 10.2. The number of hydrogen-bond donors (Lipinski definition) is 0. The second-order valence-corrected chi connectivity index (χ2v) is 4.69. The van der Waals surface area contributed by atoms with E-state index in [4.69, 9.17) is 0 Å². The van der Waals surface area contributed by atoms with Crippen LogP contribution in [0.4, 0.5) is 0 Å². The Morgan fingerprint density at radius 3 is 1.60 bits per heavy atom. The van der Waals surface area contributed by atoms with E-state index < -0.39 is 0 Å². The minimum Gasteiger partial charge on any atom is -0.107 e. The van der Waals surface area contributed by atoms with Crippen LogP contribution in [-0.4, -0.2) is 0 Å². The first-order valence-corrected chi connectivity index (χ1v) is 7.31. The molecule has 0 saturated heterocycles.